The molecular weight excluding hydrogens is 584 g/mol. The lowest BCUT2D eigenvalue weighted by atomic mass is 9.68. The number of phenolic OH excluding ortho intramolecular Hbond substituents is 1. The van der Waals surface area contributed by atoms with Gasteiger partial charge in [-0.2, -0.15) is 0 Å². The quantitative estimate of drug-likeness (QED) is 0.140. The third-order valence-corrected chi connectivity index (χ3v) is 8.15. The highest BCUT2D eigenvalue weighted by Gasteiger charge is 2.45. The third-order valence-electron chi connectivity index (χ3n) is 8.15. The number of aliphatic hydroxyl groups is 3. The summed E-state index contributed by atoms with van der Waals surface area (Å²) in [6.45, 7) is -0.778. The minimum atomic E-state index is -1.08. The van der Waals surface area contributed by atoms with Crippen molar-refractivity contribution >= 4 is 5.97 Å². The average Bonchev–Trinajstić information content (AvgIpc) is 3.40. The molecule has 8 nitrogen and oxygen atoms in total. The minimum Gasteiger partial charge on any atom is -0.507 e. The molecule has 46 heavy (non-hydrogen) atoms. The lowest BCUT2D eigenvalue weighted by molar-refractivity contribution is 0.0128. The number of aliphatic hydroxyl groups excluding tert-OH is 3. The fourth-order valence-corrected chi connectivity index (χ4v) is 6.01. The summed E-state index contributed by atoms with van der Waals surface area (Å²) in [5.74, 6) is 0.201. The van der Waals surface area contributed by atoms with Crippen molar-refractivity contribution in [2.75, 3.05) is 26.4 Å². The molecule has 4 N–H and O–H groups in total. The van der Waals surface area contributed by atoms with E-state index in [0.717, 1.165) is 33.4 Å². The van der Waals surface area contributed by atoms with Crippen molar-refractivity contribution < 1.29 is 39.4 Å². The van der Waals surface area contributed by atoms with Crippen LogP contribution >= 0.6 is 0 Å². The first-order valence-corrected chi connectivity index (χ1v) is 15.0. The molecule has 6 rings (SSSR count). The van der Waals surface area contributed by atoms with Gasteiger partial charge in [-0.15, -0.1) is 0 Å². The number of para-hydroxylation sites is 1. The molecule has 2 atom stereocenters. The number of aromatic hydroxyl groups is 1. The molecule has 0 saturated carbocycles. The number of hydrogen-bond acceptors (Lipinski definition) is 8. The summed E-state index contributed by atoms with van der Waals surface area (Å²) in [7, 11) is 0. The summed E-state index contributed by atoms with van der Waals surface area (Å²) in [6.07, 6.45) is -2.03. The monoisotopic (exact) mass is 618 g/mol. The zero-order valence-electron chi connectivity index (χ0n) is 25.0. The Morgan fingerprint density at radius 3 is 1.61 bits per heavy atom. The molecule has 1 aliphatic carbocycles. The van der Waals surface area contributed by atoms with Crippen LogP contribution in [-0.2, 0) is 10.2 Å². The predicted molar refractivity (Wildman–Crippen MR) is 172 cm³/mol. The van der Waals surface area contributed by atoms with Gasteiger partial charge in [0.15, 0.2) is 0 Å². The molecule has 0 fully saturated rings. The summed E-state index contributed by atoms with van der Waals surface area (Å²) >= 11 is 0. The molecule has 5 aromatic carbocycles. The van der Waals surface area contributed by atoms with Crippen LogP contribution in [0.15, 0.2) is 121 Å². The van der Waals surface area contributed by atoms with E-state index in [9.17, 15) is 20.1 Å². The van der Waals surface area contributed by atoms with E-state index in [1.165, 1.54) is 12.1 Å². The summed E-state index contributed by atoms with van der Waals surface area (Å²) in [6, 6.07) is 38.3. The van der Waals surface area contributed by atoms with E-state index in [1.54, 1.807) is 12.1 Å². The fourth-order valence-electron chi connectivity index (χ4n) is 6.01. The Labute approximate surface area is 266 Å². The lowest BCUT2D eigenvalue weighted by Gasteiger charge is -2.34. The molecule has 0 heterocycles. The number of hydrogen-bond donors (Lipinski definition) is 4. The number of fused-ring (bicyclic) bond motifs is 3. The number of carbonyl (C=O) groups excluding carboxylic acids is 1. The number of phenols is 1. The first kappa shape index (κ1) is 30.9. The van der Waals surface area contributed by atoms with E-state index in [2.05, 4.69) is 24.3 Å². The highest BCUT2D eigenvalue weighted by Crippen LogP contribution is 2.56. The molecular formula is C38H34O8. The van der Waals surface area contributed by atoms with Gasteiger partial charge in [0.2, 0.25) is 0 Å². The molecule has 0 spiro atoms. The second-order valence-corrected chi connectivity index (χ2v) is 11.1. The zero-order chi connectivity index (χ0) is 32.1. The summed E-state index contributed by atoms with van der Waals surface area (Å²) in [5.41, 5.74) is 5.97. The second-order valence-electron chi connectivity index (χ2n) is 11.1. The number of esters is 1. The maximum Gasteiger partial charge on any atom is 0.342 e. The van der Waals surface area contributed by atoms with Crippen LogP contribution in [0.5, 0.6) is 17.2 Å². The van der Waals surface area contributed by atoms with Crippen LogP contribution in [0.4, 0.5) is 0 Å². The van der Waals surface area contributed by atoms with E-state index in [0.29, 0.717) is 11.5 Å². The Bertz CT molecular complexity index is 1750. The summed E-state index contributed by atoms with van der Waals surface area (Å²) in [5, 5.41) is 39.1. The maximum atomic E-state index is 12.3. The van der Waals surface area contributed by atoms with Gasteiger partial charge < -0.3 is 34.6 Å². The van der Waals surface area contributed by atoms with Crippen LogP contribution < -0.4 is 9.47 Å². The molecule has 0 radical (unpaired) electrons. The Balaban J connectivity index is 1.25. The number of benzene rings is 5. The van der Waals surface area contributed by atoms with Crippen molar-refractivity contribution in [2.24, 2.45) is 0 Å². The van der Waals surface area contributed by atoms with Crippen molar-refractivity contribution in [3.63, 3.8) is 0 Å². The first-order valence-electron chi connectivity index (χ1n) is 15.0. The van der Waals surface area contributed by atoms with Crippen molar-refractivity contribution in [3.8, 4) is 28.4 Å². The average molecular weight is 619 g/mol. The number of rotatable bonds is 12. The lowest BCUT2D eigenvalue weighted by Crippen LogP contribution is -2.28. The Morgan fingerprint density at radius 1 is 0.609 bits per heavy atom. The van der Waals surface area contributed by atoms with E-state index in [4.69, 9.17) is 19.3 Å². The molecule has 2 unspecified atom stereocenters. The van der Waals surface area contributed by atoms with Crippen LogP contribution in [0.25, 0.3) is 11.1 Å². The van der Waals surface area contributed by atoms with E-state index < -0.39 is 23.6 Å². The van der Waals surface area contributed by atoms with Gasteiger partial charge in [-0.1, -0.05) is 84.9 Å². The van der Waals surface area contributed by atoms with Crippen LogP contribution in [0.1, 0.15) is 32.6 Å². The fraction of sp³-hybridized carbons (Fsp3) is 0.184. The zero-order valence-corrected chi connectivity index (χ0v) is 25.0. The van der Waals surface area contributed by atoms with Crippen LogP contribution in [-0.4, -0.2) is 65.0 Å². The smallest absolute Gasteiger partial charge is 0.342 e. The highest BCUT2D eigenvalue weighted by molar-refractivity contribution is 5.92. The van der Waals surface area contributed by atoms with Crippen LogP contribution in [0, 0.1) is 0 Å². The van der Waals surface area contributed by atoms with Crippen LogP contribution in [0.2, 0.25) is 0 Å². The molecule has 0 aliphatic heterocycles. The number of carbonyl (C=O) groups is 1. The predicted octanol–water partition coefficient (Wildman–Crippen LogP) is 5.08. The molecule has 8 heteroatoms. The van der Waals surface area contributed by atoms with E-state index in [1.807, 2.05) is 72.8 Å². The van der Waals surface area contributed by atoms with Gasteiger partial charge in [0.05, 0.1) is 12.0 Å². The molecule has 0 saturated heterocycles. The van der Waals surface area contributed by atoms with Crippen molar-refractivity contribution in [3.05, 3.63) is 149 Å². The Kier molecular flexibility index (Phi) is 9.03. The van der Waals surface area contributed by atoms with Crippen molar-refractivity contribution in [1.82, 2.24) is 0 Å². The van der Waals surface area contributed by atoms with Gasteiger partial charge in [-0.25, -0.2) is 4.79 Å². The third kappa shape index (κ3) is 5.93. The number of ether oxygens (including phenoxy) is 3. The first-order chi connectivity index (χ1) is 22.4. The molecule has 0 bridgehead atoms. The normalized spacial score (nSPS) is 14.1. The Hall–Kier alpha value is -5.15. The highest BCUT2D eigenvalue weighted by atomic mass is 16.5. The van der Waals surface area contributed by atoms with E-state index >= 15 is 0 Å². The SMILES string of the molecule is O=C(OCC(O)COc1ccc(C2(c3ccc(OCC(O)CO)cc3)c3ccccc3-c3ccccc32)cc1)c1ccccc1O. The minimum absolute atomic E-state index is 0.0120. The van der Waals surface area contributed by atoms with Crippen molar-refractivity contribution in [1.29, 1.82) is 0 Å². The van der Waals surface area contributed by atoms with Crippen LogP contribution in [0.3, 0.4) is 0 Å². The largest absolute Gasteiger partial charge is 0.507 e. The van der Waals surface area contributed by atoms with E-state index in [-0.39, 0.29) is 37.7 Å². The van der Waals surface area contributed by atoms with Gasteiger partial charge in [0.1, 0.15) is 54.8 Å². The topological polar surface area (TPSA) is 126 Å². The molecule has 1 aliphatic rings. The van der Waals surface area contributed by atoms with Crippen molar-refractivity contribution in [2.45, 2.75) is 17.6 Å². The molecule has 0 aromatic heterocycles. The molecule has 5 aromatic rings. The van der Waals surface area contributed by atoms with Gasteiger partial charge >= 0.3 is 5.97 Å². The van der Waals surface area contributed by atoms with Gasteiger partial charge in [-0.05, 0) is 69.8 Å². The summed E-state index contributed by atoms with van der Waals surface area (Å²) < 4.78 is 16.7. The van der Waals surface area contributed by atoms with Gasteiger partial charge in [-0.3, -0.25) is 0 Å². The summed E-state index contributed by atoms with van der Waals surface area (Å²) in [4.78, 5) is 12.3. The standard InChI is InChI=1S/C38H34O8/c39-21-27(40)22-44-29-17-13-25(14-18-29)38(34-10-4-1-7-31(34)32-8-2-5-11-35(32)38)26-15-19-30(20-16-26)45-23-28(41)24-46-37(43)33-9-3-6-12-36(33)42/h1-20,27-28,39-42H,21-24H2. The molecule has 0 amide bonds. The maximum absolute atomic E-state index is 12.3. The molecule has 234 valence electrons. The Morgan fingerprint density at radius 2 is 1.09 bits per heavy atom. The van der Waals surface area contributed by atoms with Gasteiger partial charge in [0, 0.05) is 0 Å². The van der Waals surface area contributed by atoms with Gasteiger partial charge in [0.25, 0.3) is 0 Å². The second kappa shape index (κ2) is 13.5.